The predicted molar refractivity (Wildman–Crippen MR) is 120 cm³/mol. The molecule has 32 heavy (non-hydrogen) atoms. The molecule has 0 aliphatic rings. The van der Waals surface area contributed by atoms with E-state index in [9.17, 15) is 14.1 Å². The van der Waals surface area contributed by atoms with Crippen molar-refractivity contribution >= 4 is 30.7 Å². The Labute approximate surface area is 191 Å². The zero-order chi connectivity index (χ0) is 23.7. The SMILES string of the molecule is CCCCOc1ccc(CS(F)(c2ccccc2)c2ccccc2)cc1.[F][Sb]([F])([F])([F])[F]. The zero-order valence-electron chi connectivity index (χ0n) is 17.4. The van der Waals surface area contributed by atoms with Gasteiger partial charge in [0.1, 0.15) is 5.75 Å². The van der Waals surface area contributed by atoms with Crippen LogP contribution in [0.4, 0.5) is 18.0 Å². The molecule has 0 radical (unpaired) electrons. The first-order valence-electron chi connectivity index (χ1n) is 9.89. The number of ether oxygens (including phenoxy) is 1. The molecule has 0 aliphatic carbocycles. The van der Waals surface area contributed by atoms with E-state index in [1.54, 1.807) is 0 Å². The van der Waals surface area contributed by atoms with Gasteiger partial charge in [0, 0.05) is 15.5 Å². The van der Waals surface area contributed by atoms with E-state index in [2.05, 4.69) is 6.92 Å². The maximum atomic E-state index is 16.3. The Kier molecular flexibility index (Phi) is 9.40. The summed E-state index contributed by atoms with van der Waals surface area (Å²) in [5.41, 5.74) is 0.984. The van der Waals surface area contributed by atoms with Gasteiger partial charge in [-0.15, -0.1) is 0 Å². The first kappa shape index (κ1) is 26.5. The summed E-state index contributed by atoms with van der Waals surface area (Å²) in [6.07, 6.45) is 2.15. The molecule has 9 heteroatoms. The molecule has 0 fully saturated rings. The molecular formula is C23H25F6OSSb. The second-order valence-electron chi connectivity index (χ2n) is 6.91. The summed E-state index contributed by atoms with van der Waals surface area (Å²) in [7, 11) is -2.62. The van der Waals surface area contributed by atoms with Gasteiger partial charge in [-0.2, -0.15) is 3.89 Å². The molecule has 0 unspecified atom stereocenters. The van der Waals surface area contributed by atoms with E-state index in [4.69, 9.17) is 4.74 Å². The van der Waals surface area contributed by atoms with Gasteiger partial charge in [-0.3, -0.25) is 0 Å². The normalized spacial score (nSPS) is 13.3. The molecule has 0 heterocycles. The van der Waals surface area contributed by atoms with Crippen LogP contribution in [0.25, 0.3) is 0 Å². The van der Waals surface area contributed by atoms with Gasteiger partial charge in [0.05, 0.1) is 6.61 Å². The number of halogens is 6. The van der Waals surface area contributed by atoms with Crippen LogP contribution in [0.3, 0.4) is 0 Å². The van der Waals surface area contributed by atoms with Crippen LogP contribution in [0.5, 0.6) is 5.75 Å². The Morgan fingerprint density at radius 2 is 1.16 bits per heavy atom. The molecule has 3 aromatic carbocycles. The second kappa shape index (κ2) is 11.4. The van der Waals surface area contributed by atoms with Crippen LogP contribution in [-0.4, -0.2) is 26.9 Å². The van der Waals surface area contributed by atoms with Gasteiger partial charge in [0.2, 0.25) is 0 Å². The molecule has 0 N–H and O–H groups in total. The summed E-state index contributed by atoms with van der Waals surface area (Å²) >= 11 is -9.19. The standard InChI is InChI=1S/C23H25FOS.5FH.Sb/c1-2-3-18-25-21-16-14-20(15-17-21)19-26(24,22-10-6-4-7-11-22)23-12-8-5-9-13-23;;;;;;/h4-17H,2-3,18-19H2,1H3;5*1H;/q;;;;;;+5/p-5. The van der Waals surface area contributed by atoms with Crippen molar-refractivity contribution in [1.29, 1.82) is 0 Å². The van der Waals surface area contributed by atoms with Crippen molar-refractivity contribution in [2.45, 2.75) is 35.3 Å². The minimum atomic E-state index is -9.19. The first-order chi connectivity index (χ1) is 15.0. The van der Waals surface area contributed by atoms with E-state index in [-0.39, 0.29) is 0 Å². The Balaban J connectivity index is 0.000000534. The summed E-state index contributed by atoms with van der Waals surface area (Å²) in [6.45, 7) is 2.87. The van der Waals surface area contributed by atoms with Crippen LogP contribution in [0.15, 0.2) is 94.7 Å². The molecule has 0 aromatic heterocycles. The van der Waals surface area contributed by atoms with E-state index >= 15 is 3.89 Å². The van der Waals surface area contributed by atoms with Crippen molar-refractivity contribution in [3.63, 3.8) is 0 Å². The van der Waals surface area contributed by atoms with Crippen molar-refractivity contribution in [3.8, 4) is 5.75 Å². The number of hydrogen-bond acceptors (Lipinski definition) is 1. The Hall–Kier alpha value is -1.79. The van der Waals surface area contributed by atoms with Gasteiger partial charge in [-0.05, 0) is 58.8 Å². The number of benzene rings is 3. The van der Waals surface area contributed by atoms with Crippen molar-refractivity contribution in [2.75, 3.05) is 6.61 Å². The van der Waals surface area contributed by atoms with Crippen LogP contribution >= 0.6 is 10.4 Å². The second-order valence-corrected chi connectivity index (χ2v) is 13.1. The first-order valence-corrected chi connectivity index (χ1v) is 16.4. The molecule has 176 valence electrons. The van der Waals surface area contributed by atoms with E-state index < -0.39 is 30.7 Å². The third-order valence-electron chi connectivity index (χ3n) is 4.29. The molecule has 0 bridgehead atoms. The summed E-state index contributed by atoms with van der Waals surface area (Å²) < 4.78 is 71.6. The average molecular weight is 585 g/mol. The molecule has 0 amide bonds. The molecule has 3 rings (SSSR count). The van der Waals surface area contributed by atoms with Crippen LogP contribution in [0, 0.1) is 0 Å². The van der Waals surface area contributed by atoms with Crippen molar-refractivity contribution in [2.24, 2.45) is 0 Å². The van der Waals surface area contributed by atoms with Crippen LogP contribution in [0.2, 0.25) is 0 Å². The minimum absolute atomic E-state index is 0.371. The van der Waals surface area contributed by atoms with Gasteiger partial charge >= 0.3 is 34.4 Å². The quantitative estimate of drug-likeness (QED) is 0.146. The Bertz CT molecular complexity index is 891. The number of hydrogen-bond donors (Lipinski definition) is 0. The maximum absolute atomic E-state index is 16.3. The van der Waals surface area contributed by atoms with Crippen molar-refractivity contribution < 1.29 is 22.7 Å². The molecule has 0 saturated carbocycles. The van der Waals surface area contributed by atoms with E-state index in [1.807, 2.05) is 84.9 Å². The van der Waals surface area contributed by atoms with Gasteiger partial charge in [-0.1, -0.05) is 61.9 Å². The Morgan fingerprint density at radius 3 is 1.56 bits per heavy atom. The van der Waals surface area contributed by atoms with Gasteiger partial charge in [-0.25, -0.2) is 0 Å². The summed E-state index contributed by atoms with van der Waals surface area (Å²) in [6, 6.07) is 26.9. The molecule has 0 aliphatic heterocycles. The van der Waals surface area contributed by atoms with Crippen LogP contribution in [-0.2, 0) is 5.75 Å². The fourth-order valence-electron chi connectivity index (χ4n) is 2.82. The Morgan fingerprint density at radius 1 is 0.719 bits per heavy atom. The molecule has 1 nitrogen and oxygen atoms in total. The summed E-state index contributed by atoms with van der Waals surface area (Å²) in [5, 5.41) is 0. The van der Waals surface area contributed by atoms with Crippen molar-refractivity contribution in [1.82, 2.24) is 0 Å². The number of rotatable bonds is 8. The summed E-state index contributed by atoms with van der Waals surface area (Å²) in [4.78, 5) is 1.52. The fourth-order valence-corrected chi connectivity index (χ4v) is 5.26. The fraction of sp³-hybridized carbons (Fsp3) is 0.217. The molecular weight excluding hydrogens is 560 g/mol. The van der Waals surface area contributed by atoms with Gasteiger partial charge < -0.3 is 4.74 Å². The third-order valence-corrected chi connectivity index (χ3v) is 7.06. The molecule has 0 spiro atoms. The third kappa shape index (κ3) is 9.78. The van der Waals surface area contributed by atoms with E-state index in [1.165, 1.54) is 0 Å². The molecule has 0 atom stereocenters. The molecule has 3 aromatic rings. The van der Waals surface area contributed by atoms with Crippen LogP contribution < -0.4 is 4.74 Å². The van der Waals surface area contributed by atoms with E-state index in [0.29, 0.717) is 5.75 Å². The predicted octanol–water partition coefficient (Wildman–Crippen LogP) is 8.89. The van der Waals surface area contributed by atoms with Gasteiger partial charge in [0.15, 0.2) is 0 Å². The number of unbranched alkanes of at least 4 members (excludes halogenated alkanes) is 1. The van der Waals surface area contributed by atoms with E-state index in [0.717, 1.165) is 40.6 Å². The summed E-state index contributed by atoms with van der Waals surface area (Å²) in [5.74, 6) is 1.22. The van der Waals surface area contributed by atoms with Crippen LogP contribution in [0.1, 0.15) is 25.3 Å². The van der Waals surface area contributed by atoms with Gasteiger partial charge in [0.25, 0.3) is 0 Å². The molecule has 0 saturated heterocycles. The zero-order valence-corrected chi connectivity index (χ0v) is 20.8. The van der Waals surface area contributed by atoms with Crippen molar-refractivity contribution in [3.05, 3.63) is 90.5 Å². The average Bonchev–Trinajstić information content (AvgIpc) is 2.75. The monoisotopic (exact) mass is 584 g/mol. The topological polar surface area (TPSA) is 9.23 Å².